The zero-order valence-corrected chi connectivity index (χ0v) is 9.97. The lowest BCUT2D eigenvalue weighted by Crippen LogP contribution is -2.33. The molecule has 2 nitrogen and oxygen atoms in total. The average molecular weight is 259 g/mol. The van der Waals surface area contributed by atoms with Crippen LogP contribution in [0, 0.1) is 5.41 Å². The number of methoxy groups -OCH3 is 1. The molecule has 0 aromatic rings. The number of carbonyl (C=O) groups excluding carboxylic acids is 1. The van der Waals surface area contributed by atoms with Gasteiger partial charge in [0.2, 0.25) is 0 Å². The van der Waals surface area contributed by atoms with Gasteiger partial charge in [0, 0.05) is 0 Å². The SMILES string of the molecule is C=C(Br)C[C@]1(C(=O)OC)CC=CCC1. The fraction of sp³-hybridized carbons (Fsp3) is 0.545. The van der Waals surface area contributed by atoms with Gasteiger partial charge in [0.15, 0.2) is 0 Å². The molecule has 78 valence electrons. The van der Waals surface area contributed by atoms with Crippen LogP contribution >= 0.6 is 15.9 Å². The predicted octanol–water partition coefficient (Wildman–Crippen LogP) is 3.18. The molecule has 0 unspecified atom stereocenters. The minimum Gasteiger partial charge on any atom is -0.469 e. The minimum atomic E-state index is -0.385. The number of ether oxygens (including phenoxy) is 1. The molecule has 0 aromatic heterocycles. The van der Waals surface area contributed by atoms with E-state index >= 15 is 0 Å². The Hall–Kier alpha value is -0.570. The van der Waals surface area contributed by atoms with Crippen LogP contribution in [0.15, 0.2) is 23.2 Å². The summed E-state index contributed by atoms with van der Waals surface area (Å²) in [5.41, 5.74) is -0.385. The van der Waals surface area contributed by atoms with Crippen molar-refractivity contribution in [2.45, 2.75) is 25.7 Å². The molecule has 0 radical (unpaired) electrons. The molecular formula is C11H15BrO2. The van der Waals surface area contributed by atoms with E-state index in [9.17, 15) is 4.79 Å². The van der Waals surface area contributed by atoms with Crippen molar-refractivity contribution in [2.24, 2.45) is 5.41 Å². The van der Waals surface area contributed by atoms with Crippen molar-refractivity contribution in [3.8, 4) is 0 Å². The molecule has 0 saturated carbocycles. The Morgan fingerprint density at radius 2 is 2.36 bits per heavy atom. The first-order valence-corrected chi connectivity index (χ1v) is 5.47. The molecule has 3 heteroatoms. The van der Waals surface area contributed by atoms with Crippen molar-refractivity contribution in [2.75, 3.05) is 7.11 Å². The highest BCUT2D eigenvalue weighted by Gasteiger charge is 2.39. The Labute approximate surface area is 93.1 Å². The molecule has 0 aromatic carbocycles. The molecule has 1 aliphatic rings. The van der Waals surface area contributed by atoms with Crippen LogP contribution in [0.2, 0.25) is 0 Å². The van der Waals surface area contributed by atoms with E-state index in [0.29, 0.717) is 6.42 Å². The lowest BCUT2D eigenvalue weighted by atomic mass is 9.74. The minimum absolute atomic E-state index is 0.123. The first kappa shape index (κ1) is 11.5. The van der Waals surface area contributed by atoms with Gasteiger partial charge in [0.25, 0.3) is 0 Å². The van der Waals surface area contributed by atoms with Crippen molar-refractivity contribution in [3.63, 3.8) is 0 Å². The summed E-state index contributed by atoms with van der Waals surface area (Å²) in [6, 6.07) is 0. The summed E-state index contributed by atoms with van der Waals surface area (Å²) in [6.07, 6.45) is 7.36. The largest absolute Gasteiger partial charge is 0.469 e. The number of esters is 1. The predicted molar refractivity (Wildman–Crippen MR) is 60.1 cm³/mol. The first-order valence-electron chi connectivity index (χ1n) is 4.67. The molecule has 0 saturated heterocycles. The number of hydrogen-bond acceptors (Lipinski definition) is 2. The molecule has 0 heterocycles. The molecule has 1 rings (SSSR count). The third-order valence-electron chi connectivity index (χ3n) is 2.61. The standard InChI is InChI=1S/C11H15BrO2/c1-9(12)8-11(10(13)14-2)6-4-3-5-7-11/h3-4H,1,5-8H2,2H3/t11-/m0/s1. The van der Waals surface area contributed by atoms with E-state index in [1.807, 2.05) is 0 Å². The van der Waals surface area contributed by atoms with Crippen molar-refractivity contribution in [3.05, 3.63) is 23.2 Å². The highest BCUT2D eigenvalue weighted by molar-refractivity contribution is 9.11. The molecule has 0 fully saturated rings. The normalized spacial score (nSPS) is 25.9. The van der Waals surface area contributed by atoms with Gasteiger partial charge in [-0.25, -0.2) is 0 Å². The molecule has 14 heavy (non-hydrogen) atoms. The van der Waals surface area contributed by atoms with E-state index in [-0.39, 0.29) is 11.4 Å². The monoisotopic (exact) mass is 258 g/mol. The molecule has 1 aliphatic carbocycles. The van der Waals surface area contributed by atoms with Crippen LogP contribution < -0.4 is 0 Å². The molecular weight excluding hydrogens is 244 g/mol. The van der Waals surface area contributed by atoms with Crippen LogP contribution in [0.5, 0.6) is 0 Å². The zero-order valence-electron chi connectivity index (χ0n) is 8.38. The Bertz CT molecular complexity index is 270. The lowest BCUT2D eigenvalue weighted by molar-refractivity contribution is -0.153. The maximum absolute atomic E-state index is 11.7. The van der Waals surface area contributed by atoms with E-state index in [1.54, 1.807) is 0 Å². The number of carbonyl (C=O) groups is 1. The molecule has 0 amide bonds. The molecule has 0 bridgehead atoms. The summed E-state index contributed by atoms with van der Waals surface area (Å²) >= 11 is 3.32. The van der Waals surface area contributed by atoms with Gasteiger partial charge >= 0.3 is 5.97 Å². The van der Waals surface area contributed by atoms with Gasteiger partial charge in [-0.1, -0.05) is 34.7 Å². The van der Waals surface area contributed by atoms with Gasteiger partial charge < -0.3 is 4.74 Å². The van der Waals surface area contributed by atoms with E-state index in [1.165, 1.54) is 7.11 Å². The number of halogens is 1. The molecule has 1 atom stereocenters. The van der Waals surface area contributed by atoms with Gasteiger partial charge in [-0.2, -0.15) is 0 Å². The second-order valence-electron chi connectivity index (χ2n) is 3.68. The van der Waals surface area contributed by atoms with Crippen LogP contribution in [-0.2, 0) is 9.53 Å². The molecule has 0 N–H and O–H groups in total. The topological polar surface area (TPSA) is 26.3 Å². The second kappa shape index (κ2) is 4.78. The number of hydrogen-bond donors (Lipinski definition) is 0. The smallest absolute Gasteiger partial charge is 0.312 e. The third-order valence-corrected chi connectivity index (χ3v) is 2.89. The van der Waals surface area contributed by atoms with Crippen LogP contribution in [0.25, 0.3) is 0 Å². The Kier molecular flexibility index (Phi) is 3.93. The van der Waals surface area contributed by atoms with Gasteiger partial charge in [0.1, 0.15) is 0 Å². The first-order chi connectivity index (χ1) is 6.60. The summed E-state index contributed by atoms with van der Waals surface area (Å²) < 4.78 is 5.72. The molecule has 0 aliphatic heterocycles. The van der Waals surface area contributed by atoms with Gasteiger partial charge in [0.05, 0.1) is 12.5 Å². The van der Waals surface area contributed by atoms with E-state index in [2.05, 4.69) is 34.7 Å². The summed E-state index contributed by atoms with van der Waals surface area (Å²) in [5.74, 6) is -0.123. The highest BCUT2D eigenvalue weighted by atomic mass is 79.9. The highest BCUT2D eigenvalue weighted by Crippen LogP contribution is 2.40. The quantitative estimate of drug-likeness (QED) is 0.574. The van der Waals surface area contributed by atoms with Crippen molar-refractivity contribution in [1.82, 2.24) is 0 Å². The molecule has 0 spiro atoms. The van der Waals surface area contributed by atoms with Gasteiger partial charge in [-0.15, -0.1) is 0 Å². The van der Waals surface area contributed by atoms with E-state index in [0.717, 1.165) is 23.7 Å². The van der Waals surface area contributed by atoms with Crippen LogP contribution in [0.4, 0.5) is 0 Å². The second-order valence-corrected chi connectivity index (χ2v) is 4.80. The Morgan fingerprint density at radius 3 is 2.79 bits per heavy atom. The summed E-state index contributed by atoms with van der Waals surface area (Å²) in [6.45, 7) is 3.80. The number of allylic oxidation sites excluding steroid dienone is 3. The van der Waals surface area contributed by atoms with Crippen molar-refractivity contribution >= 4 is 21.9 Å². The fourth-order valence-electron chi connectivity index (χ4n) is 1.89. The average Bonchev–Trinajstić information content (AvgIpc) is 2.17. The van der Waals surface area contributed by atoms with Crippen LogP contribution in [-0.4, -0.2) is 13.1 Å². The Morgan fingerprint density at radius 1 is 1.64 bits per heavy atom. The fourth-order valence-corrected chi connectivity index (χ4v) is 2.43. The van der Waals surface area contributed by atoms with E-state index in [4.69, 9.17) is 4.74 Å². The van der Waals surface area contributed by atoms with Gasteiger partial charge in [-0.05, 0) is 30.2 Å². The Balaban J connectivity index is 2.83. The summed E-state index contributed by atoms with van der Waals surface area (Å²) in [7, 11) is 1.44. The van der Waals surface area contributed by atoms with Crippen molar-refractivity contribution in [1.29, 1.82) is 0 Å². The summed E-state index contributed by atoms with van der Waals surface area (Å²) in [5, 5.41) is 0. The maximum Gasteiger partial charge on any atom is 0.312 e. The van der Waals surface area contributed by atoms with Crippen LogP contribution in [0.3, 0.4) is 0 Å². The summed E-state index contributed by atoms with van der Waals surface area (Å²) in [4.78, 5) is 11.7. The maximum atomic E-state index is 11.7. The van der Waals surface area contributed by atoms with Crippen molar-refractivity contribution < 1.29 is 9.53 Å². The van der Waals surface area contributed by atoms with Crippen LogP contribution in [0.1, 0.15) is 25.7 Å². The zero-order chi connectivity index (χ0) is 10.6. The number of rotatable bonds is 3. The van der Waals surface area contributed by atoms with Gasteiger partial charge in [-0.3, -0.25) is 4.79 Å². The lowest BCUT2D eigenvalue weighted by Gasteiger charge is -2.31. The third kappa shape index (κ3) is 2.47. The van der Waals surface area contributed by atoms with E-state index < -0.39 is 0 Å².